The smallest absolute Gasteiger partial charge is 0.227 e. The minimum atomic E-state index is -3.37. The maximum absolute atomic E-state index is 12.3. The summed E-state index contributed by atoms with van der Waals surface area (Å²) >= 11 is 0. The highest BCUT2D eigenvalue weighted by molar-refractivity contribution is 7.90. The van der Waals surface area contributed by atoms with E-state index in [0.29, 0.717) is 11.4 Å². The number of rotatable bonds is 4. The van der Waals surface area contributed by atoms with E-state index in [1.54, 1.807) is 30.5 Å². The lowest BCUT2D eigenvalue weighted by Gasteiger charge is -2.21. The fraction of sp³-hybridized carbons (Fsp3) is 0.375. The highest BCUT2D eigenvalue weighted by Crippen LogP contribution is 2.21. The minimum Gasteiger partial charge on any atom is -0.323 e. The van der Waals surface area contributed by atoms with Crippen molar-refractivity contribution in [1.29, 1.82) is 0 Å². The van der Waals surface area contributed by atoms with Crippen molar-refractivity contribution in [2.75, 3.05) is 24.7 Å². The molecule has 1 aliphatic heterocycles. The molecular weight excluding hydrogens is 328 g/mol. The Morgan fingerprint density at radius 1 is 1.29 bits per heavy atom. The summed E-state index contributed by atoms with van der Waals surface area (Å²) in [7, 11) is -3.37. The molecule has 1 amide bonds. The predicted octanol–water partition coefficient (Wildman–Crippen LogP) is 1.21. The van der Waals surface area contributed by atoms with Gasteiger partial charge in [0.1, 0.15) is 0 Å². The molecule has 2 heterocycles. The van der Waals surface area contributed by atoms with Crippen molar-refractivity contribution < 1.29 is 13.2 Å². The van der Waals surface area contributed by atoms with E-state index in [2.05, 4.69) is 15.7 Å². The molecule has 3 rings (SSSR count). The van der Waals surface area contributed by atoms with E-state index in [-0.39, 0.29) is 16.7 Å². The number of carbonyl (C=O) groups is 1. The lowest BCUT2D eigenvalue weighted by atomic mass is 9.97. The van der Waals surface area contributed by atoms with Crippen LogP contribution in [-0.4, -0.2) is 43.5 Å². The molecule has 1 aromatic heterocycles. The topological polar surface area (TPSA) is 93.1 Å². The van der Waals surface area contributed by atoms with Crippen LogP contribution in [0, 0.1) is 5.92 Å². The number of carbonyl (C=O) groups excluding carboxylic acids is 1. The standard InChI is InChI=1S/C16H20N4O3S/c1-24(22,23)15-5-3-2-4-14(15)20-11-13(10-18-20)19-16(21)12-6-8-17-9-7-12/h2-5,10-12,17H,6-9H2,1H3,(H,19,21). The van der Waals surface area contributed by atoms with E-state index >= 15 is 0 Å². The van der Waals surface area contributed by atoms with Gasteiger partial charge in [-0.15, -0.1) is 0 Å². The number of hydrogen-bond donors (Lipinski definition) is 2. The third-order valence-electron chi connectivity index (χ3n) is 4.07. The van der Waals surface area contributed by atoms with Gasteiger partial charge in [0.05, 0.1) is 28.7 Å². The van der Waals surface area contributed by atoms with Crippen molar-refractivity contribution in [3.63, 3.8) is 0 Å². The van der Waals surface area contributed by atoms with Gasteiger partial charge >= 0.3 is 0 Å². The van der Waals surface area contributed by atoms with Crippen molar-refractivity contribution in [2.24, 2.45) is 5.92 Å². The molecule has 0 radical (unpaired) electrons. The fourth-order valence-corrected chi connectivity index (χ4v) is 3.67. The van der Waals surface area contributed by atoms with E-state index < -0.39 is 9.84 Å². The summed E-state index contributed by atoms with van der Waals surface area (Å²) in [5, 5.41) is 10.3. The van der Waals surface area contributed by atoms with Crippen molar-refractivity contribution in [1.82, 2.24) is 15.1 Å². The molecule has 0 unspecified atom stereocenters. The second kappa shape index (κ2) is 6.74. The molecule has 24 heavy (non-hydrogen) atoms. The molecule has 2 aromatic rings. The third kappa shape index (κ3) is 3.65. The van der Waals surface area contributed by atoms with E-state index in [0.717, 1.165) is 32.2 Å². The van der Waals surface area contributed by atoms with E-state index in [1.807, 2.05) is 0 Å². The van der Waals surface area contributed by atoms with E-state index in [9.17, 15) is 13.2 Å². The summed E-state index contributed by atoms with van der Waals surface area (Å²) in [6, 6.07) is 6.64. The quantitative estimate of drug-likeness (QED) is 0.866. The van der Waals surface area contributed by atoms with Crippen LogP contribution < -0.4 is 10.6 Å². The van der Waals surface area contributed by atoms with Crippen LogP contribution in [0.2, 0.25) is 0 Å². The molecule has 7 nitrogen and oxygen atoms in total. The van der Waals surface area contributed by atoms with Crippen LogP contribution in [0.15, 0.2) is 41.6 Å². The van der Waals surface area contributed by atoms with Crippen LogP contribution in [-0.2, 0) is 14.6 Å². The zero-order valence-electron chi connectivity index (χ0n) is 13.4. The minimum absolute atomic E-state index is 0.00194. The highest BCUT2D eigenvalue weighted by Gasteiger charge is 2.21. The van der Waals surface area contributed by atoms with Crippen molar-refractivity contribution in [2.45, 2.75) is 17.7 Å². The Bertz CT molecular complexity index is 839. The normalized spacial score (nSPS) is 16.0. The number of anilines is 1. The molecule has 1 fully saturated rings. The van der Waals surface area contributed by atoms with Gasteiger partial charge in [0.2, 0.25) is 5.91 Å². The average Bonchev–Trinajstić information content (AvgIpc) is 3.03. The van der Waals surface area contributed by atoms with Gasteiger partial charge in [-0.05, 0) is 38.1 Å². The first-order valence-corrected chi connectivity index (χ1v) is 9.70. The molecule has 0 aliphatic carbocycles. The number of hydrogen-bond acceptors (Lipinski definition) is 5. The fourth-order valence-electron chi connectivity index (χ4n) is 2.81. The molecule has 0 saturated carbocycles. The molecule has 128 valence electrons. The number of nitrogens with one attached hydrogen (secondary N) is 2. The number of sulfone groups is 1. The number of nitrogens with zero attached hydrogens (tertiary/aromatic N) is 2. The van der Waals surface area contributed by atoms with Gasteiger partial charge < -0.3 is 10.6 Å². The second-order valence-electron chi connectivity index (χ2n) is 5.93. The Balaban J connectivity index is 1.80. The number of amides is 1. The molecule has 8 heteroatoms. The largest absolute Gasteiger partial charge is 0.323 e. The van der Waals surface area contributed by atoms with Crippen molar-refractivity contribution in [3.05, 3.63) is 36.7 Å². The number of piperidine rings is 1. The Labute approximate surface area is 141 Å². The number of benzene rings is 1. The zero-order chi connectivity index (χ0) is 17.2. The second-order valence-corrected chi connectivity index (χ2v) is 7.91. The van der Waals surface area contributed by atoms with Crippen LogP contribution in [0.3, 0.4) is 0 Å². The Hall–Kier alpha value is -2.19. The first-order valence-electron chi connectivity index (χ1n) is 7.81. The van der Waals surface area contributed by atoms with Crippen LogP contribution in [0.4, 0.5) is 5.69 Å². The summed E-state index contributed by atoms with van der Waals surface area (Å²) in [4.78, 5) is 12.5. The molecule has 1 saturated heterocycles. The van der Waals surface area contributed by atoms with Gasteiger partial charge in [-0.2, -0.15) is 5.10 Å². The van der Waals surface area contributed by atoms with Gasteiger partial charge in [0.15, 0.2) is 9.84 Å². The molecular formula is C16H20N4O3S. The Morgan fingerprint density at radius 2 is 2.00 bits per heavy atom. The predicted molar refractivity (Wildman–Crippen MR) is 90.9 cm³/mol. The summed E-state index contributed by atoms with van der Waals surface area (Å²) in [5.41, 5.74) is 1.02. The third-order valence-corrected chi connectivity index (χ3v) is 5.22. The average molecular weight is 348 g/mol. The van der Waals surface area contributed by atoms with Crippen LogP contribution in [0.25, 0.3) is 5.69 Å². The van der Waals surface area contributed by atoms with Gasteiger partial charge in [-0.25, -0.2) is 13.1 Å². The zero-order valence-corrected chi connectivity index (χ0v) is 14.2. The molecule has 1 aromatic carbocycles. The maximum Gasteiger partial charge on any atom is 0.227 e. The lowest BCUT2D eigenvalue weighted by Crippen LogP contribution is -2.34. The maximum atomic E-state index is 12.3. The molecule has 1 aliphatic rings. The Morgan fingerprint density at radius 3 is 2.71 bits per heavy atom. The summed E-state index contributed by atoms with van der Waals surface area (Å²) in [6.07, 6.45) is 5.95. The van der Waals surface area contributed by atoms with Crippen LogP contribution >= 0.6 is 0 Å². The van der Waals surface area contributed by atoms with Gasteiger partial charge in [0, 0.05) is 12.2 Å². The van der Waals surface area contributed by atoms with Crippen LogP contribution in [0.1, 0.15) is 12.8 Å². The first-order chi connectivity index (χ1) is 11.4. The van der Waals surface area contributed by atoms with E-state index in [4.69, 9.17) is 0 Å². The van der Waals surface area contributed by atoms with Crippen LogP contribution in [0.5, 0.6) is 0 Å². The summed E-state index contributed by atoms with van der Waals surface area (Å²) in [5.74, 6) is -0.0228. The van der Waals surface area contributed by atoms with Gasteiger partial charge in [0.25, 0.3) is 0 Å². The summed E-state index contributed by atoms with van der Waals surface area (Å²) < 4.78 is 25.3. The molecule has 2 N–H and O–H groups in total. The van der Waals surface area contributed by atoms with Crippen molar-refractivity contribution in [3.8, 4) is 5.69 Å². The van der Waals surface area contributed by atoms with Crippen molar-refractivity contribution >= 4 is 21.4 Å². The van der Waals surface area contributed by atoms with Gasteiger partial charge in [-0.1, -0.05) is 12.1 Å². The molecule has 0 bridgehead atoms. The summed E-state index contributed by atoms with van der Waals surface area (Å²) in [6.45, 7) is 1.69. The number of para-hydroxylation sites is 1. The molecule has 0 spiro atoms. The Kier molecular flexibility index (Phi) is 4.68. The lowest BCUT2D eigenvalue weighted by molar-refractivity contribution is -0.120. The highest BCUT2D eigenvalue weighted by atomic mass is 32.2. The number of aromatic nitrogens is 2. The first kappa shape index (κ1) is 16.7. The molecule has 0 atom stereocenters. The monoisotopic (exact) mass is 348 g/mol. The van der Waals surface area contributed by atoms with Gasteiger partial charge in [-0.3, -0.25) is 4.79 Å². The SMILES string of the molecule is CS(=O)(=O)c1ccccc1-n1cc(NC(=O)C2CCNCC2)cn1. The van der Waals surface area contributed by atoms with E-state index in [1.165, 1.54) is 10.9 Å².